The summed E-state index contributed by atoms with van der Waals surface area (Å²) in [7, 11) is 3.42. The van der Waals surface area contributed by atoms with Gasteiger partial charge in [0.25, 0.3) is 0 Å². The van der Waals surface area contributed by atoms with Gasteiger partial charge in [0.05, 0.1) is 43.6 Å². The standard InChI is InChI=1S/C38H32N2O9/c1-37(2)13-11-18-26(48-37)15-24(43)29-32(18)40(5)33-21(35(29)46)9-10-23(42)36(33)47-17-38(3)14-12-19-27(49-38)16-25(44)28-31(19)39(4)30-20(34(28)45)7-6-8-22(30)41/h6-16,41-44H,17H2,1-5H3/t38-/m0/s1. The zero-order valence-corrected chi connectivity index (χ0v) is 27.3. The fourth-order valence-corrected chi connectivity index (χ4v) is 7.15. The van der Waals surface area contributed by atoms with Crippen LogP contribution in [0.15, 0.2) is 64.2 Å². The van der Waals surface area contributed by atoms with Crippen LogP contribution in [0, 0.1) is 0 Å². The second kappa shape index (κ2) is 9.96. The lowest BCUT2D eigenvalue weighted by Crippen LogP contribution is -2.38. The quantitative estimate of drug-likeness (QED) is 0.169. The minimum absolute atomic E-state index is 0.0341. The molecule has 0 unspecified atom stereocenters. The number of ether oxygens (including phenoxy) is 3. The average Bonchev–Trinajstić information content (AvgIpc) is 3.03. The van der Waals surface area contributed by atoms with Crippen molar-refractivity contribution in [1.29, 1.82) is 0 Å². The van der Waals surface area contributed by atoms with E-state index in [2.05, 4.69) is 0 Å². The molecule has 4 heterocycles. The number of pyridine rings is 2. The maximum atomic E-state index is 13.9. The molecule has 1 atom stereocenters. The zero-order chi connectivity index (χ0) is 34.7. The van der Waals surface area contributed by atoms with Gasteiger partial charge in [-0.2, -0.15) is 0 Å². The first-order valence-corrected chi connectivity index (χ1v) is 15.6. The highest BCUT2D eigenvalue weighted by atomic mass is 16.5. The highest BCUT2D eigenvalue weighted by Crippen LogP contribution is 2.44. The summed E-state index contributed by atoms with van der Waals surface area (Å²) in [5.74, 6) is -0.0559. The maximum Gasteiger partial charge on any atom is 0.201 e. The second-order valence-corrected chi connectivity index (χ2v) is 13.4. The minimum atomic E-state index is -1.13. The van der Waals surface area contributed by atoms with Crippen molar-refractivity contribution in [2.24, 2.45) is 14.1 Å². The molecule has 8 rings (SSSR count). The van der Waals surface area contributed by atoms with Crippen LogP contribution in [0.4, 0.5) is 0 Å². The van der Waals surface area contributed by atoms with Gasteiger partial charge in [-0.05, 0) is 69.3 Å². The van der Waals surface area contributed by atoms with Crippen LogP contribution < -0.4 is 25.1 Å². The minimum Gasteiger partial charge on any atom is -0.507 e. The average molecular weight is 661 g/mol. The van der Waals surface area contributed by atoms with Gasteiger partial charge in [-0.25, -0.2) is 0 Å². The number of hydrogen-bond donors (Lipinski definition) is 4. The van der Waals surface area contributed by atoms with Crippen LogP contribution in [0.1, 0.15) is 31.9 Å². The van der Waals surface area contributed by atoms with Gasteiger partial charge in [0.15, 0.2) is 17.1 Å². The summed E-state index contributed by atoms with van der Waals surface area (Å²) >= 11 is 0. The molecule has 0 saturated carbocycles. The fraction of sp³-hybridized carbons (Fsp3) is 0.211. The van der Waals surface area contributed by atoms with Crippen LogP contribution in [0.3, 0.4) is 0 Å². The Hall–Kier alpha value is -6.10. The Kier molecular flexibility index (Phi) is 6.15. The third kappa shape index (κ3) is 4.28. The molecule has 0 radical (unpaired) electrons. The van der Waals surface area contributed by atoms with Crippen molar-refractivity contribution >= 4 is 55.8 Å². The molecule has 49 heavy (non-hydrogen) atoms. The lowest BCUT2D eigenvalue weighted by atomic mass is 9.97. The molecule has 11 heteroatoms. The number of aromatic nitrogens is 2. The summed E-state index contributed by atoms with van der Waals surface area (Å²) in [6.45, 7) is 5.40. The van der Waals surface area contributed by atoms with E-state index in [4.69, 9.17) is 14.2 Å². The number of nitrogens with zero attached hydrogens (tertiary/aromatic N) is 2. The molecular formula is C38H32N2O9. The van der Waals surface area contributed by atoms with E-state index in [0.717, 1.165) is 0 Å². The summed E-state index contributed by atoms with van der Waals surface area (Å²) < 4.78 is 22.1. The van der Waals surface area contributed by atoms with E-state index in [1.54, 1.807) is 54.4 Å². The molecule has 0 aliphatic carbocycles. The molecule has 11 nitrogen and oxygen atoms in total. The molecule has 4 aromatic carbocycles. The Bertz CT molecular complexity index is 2660. The van der Waals surface area contributed by atoms with Crippen LogP contribution in [0.25, 0.3) is 55.8 Å². The molecular weight excluding hydrogens is 628 g/mol. The van der Waals surface area contributed by atoms with Crippen LogP contribution in [0.5, 0.6) is 40.2 Å². The van der Waals surface area contributed by atoms with E-state index in [9.17, 15) is 30.0 Å². The SMILES string of the molecule is Cn1c2c(O)cccc2c(=O)c2c(O)cc3c(c21)C=C[C@@](C)(COc1c(O)ccc2c(=O)c4c(O)cc5c(c4n(C)c12)C=CC(C)(C)O5)O3. The van der Waals surface area contributed by atoms with Crippen molar-refractivity contribution in [2.75, 3.05) is 6.61 Å². The lowest BCUT2D eigenvalue weighted by Gasteiger charge is -2.32. The fourth-order valence-electron chi connectivity index (χ4n) is 7.15. The van der Waals surface area contributed by atoms with Gasteiger partial charge in [-0.15, -0.1) is 0 Å². The first kappa shape index (κ1) is 30.2. The Balaban J connectivity index is 1.24. The molecule has 0 saturated heterocycles. The van der Waals surface area contributed by atoms with Crippen LogP contribution in [-0.2, 0) is 14.1 Å². The number of phenolic OH excluding ortho intramolecular Hbond substituents is 4. The molecule has 0 spiro atoms. The highest BCUT2D eigenvalue weighted by Gasteiger charge is 2.33. The predicted molar refractivity (Wildman–Crippen MR) is 187 cm³/mol. The van der Waals surface area contributed by atoms with E-state index in [-0.39, 0.29) is 62.6 Å². The number of rotatable bonds is 3. The number of benzene rings is 4. The third-order valence-corrected chi connectivity index (χ3v) is 9.45. The van der Waals surface area contributed by atoms with Gasteiger partial charge in [0, 0.05) is 37.4 Å². The molecule has 6 aromatic rings. The number of hydrogen-bond acceptors (Lipinski definition) is 9. The summed E-state index contributed by atoms with van der Waals surface area (Å²) in [4.78, 5) is 27.3. The van der Waals surface area contributed by atoms with Crippen molar-refractivity contribution in [3.05, 3.63) is 86.2 Å². The van der Waals surface area contributed by atoms with Crippen molar-refractivity contribution in [3.63, 3.8) is 0 Å². The molecule has 0 amide bonds. The first-order valence-electron chi connectivity index (χ1n) is 15.6. The summed E-state index contributed by atoms with van der Waals surface area (Å²) in [5.41, 5.74) is -0.0572. The Morgan fingerprint density at radius 3 is 1.90 bits per heavy atom. The van der Waals surface area contributed by atoms with E-state index >= 15 is 0 Å². The molecule has 0 bridgehead atoms. The van der Waals surface area contributed by atoms with Gasteiger partial charge < -0.3 is 43.8 Å². The van der Waals surface area contributed by atoms with E-state index in [0.29, 0.717) is 38.9 Å². The molecule has 2 aliphatic rings. The van der Waals surface area contributed by atoms with Gasteiger partial charge in [0.2, 0.25) is 10.9 Å². The van der Waals surface area contributed by atoms with Gasteiger partial charge >= 0.3 is 0 Å². The van der Waals surface area contributed by atoms with Crippen LogP contribution in [0.2, 0.25) is 0 Å². The molecule has 248 valence electrons. The first-order chi connectivity index (χ1) is 23.2. The van der Waals surface area contributed by atoms with Crippen molar-refractivity contribution in [3.8, 4) is 40.2 Å². The lowest BCUT2D eigenvalue weighted by molar-refractivity contribution is 0.0748. The van der Waals surface area contributed by atoms with E-state index in [1.165, 1.54) is 30.3 Å². The highest BCUT2D eigenvalue weighted by molar-refractivity contribution is 6.05. The van der Waals surface area contributed by atoms with E-state index < -0.39 is 22.1 Å². The summed E-state index contributed by atoms with van der Waals surface area (Å²) in [6.07, 6.45) is 7.24. The van der Waals surface area contributed by atoms with Crippen LogP contribution in [-0.4, -0.2) is 47.4 Å². The Morgan fingerprint density at radius 1 is 0.673 bits per heavy atom. The molecule has 4 N–H and O–H groups in total. The number of fused-ring (bicyclic) bond motifs is 8. The predicted octanol–water partition coefficient (Wildman–Crippen LogP) is 5.95. The third-order valence-electron chi connectivity index (χ3n) is 9.45. The smallest absolute Gasteiger partial charge is 0.201 e. The van der Waals surface area contributed by atoms with Crippen molar-refractivity contribution in [1.82, 2.24) is 9.13 Å². The number of aryl methyl sites for hydroxylation is 2. The van der Waals surface area contributed by atoms with Crippen LogP contribution >= 0.6 is 0 Å². The van der Waals surface area contributed by atoms with E-state index in [1.807, 2.05) is 26.0 Å². The van der Waals surface area contributed by atoms with Crippen molar-refractivity contribution < 1.29 is 34.6 Å². The van der Waals surface area contributed by atoms with Crippen molar-refractivity contribution in [2.45, 2.75) is 32.0 Å². The summed E-state index contributed by atoms with van der Waals surface area (Å²) in [5, 5.41) is 44.4. The largest absolute Gasteiger partial charge is 0.507 e. The molecule has 0 fully saturated rings. The maximum absolute atomic E-state index is 13.9. The van der Waals surface area contributed by atoms with Gasteiger partial charge in [-0.3, -0.25) is 9.59 Å². The number of para-hydroxylation sites is 1. The Labute approximate surface area is 278 Å². The van der Waals surface area contributed by atoms with Gasteiger partial charge in [0.1, 0.15) is 41.0 Å². The Morgan fingerprint density at radius 2 is 1.24 bits per heavy atom. The topological polar surface area (TPSA) is 153 Å². The number of aromatic hydroxyl groups is 4. The second-order valence-electron chi connectivity index (χ2n) is 13.4. The normalized spacial score (nSPS) is 17.7. The number of phenols is 4. The molecule has 2 aromatic heterocycles. The zero-order valence-electron chi connectivity index (χ0n) is 27.3. The van der Waals surface area contributed by atoms with Gasteiger partial charge in [-0.1, -0.05) is 6.07 Å². The molecule has 2 aliphatic heterocycles. The monoisotopic (exact) mass is 660 g/mol. The summed E-state index contributed by atoms with van der Waals surface area (Å²) in [6, 6.07) is 10.4.